The molecule has 144 valence electrons. The van der Waals surface area contributed by atoms with Crippen molar-refractivity contribution in [2.24, 2.45) is 0 Å². The van der Waals surface area contributed by atoms with E-state index in [4.69, 9.17) is 4.74 Å². The maximum Gasteiger partial charge on any atom is 0.0963 e. The second-order valence-corrected chi connectivity index (χ2v) is 8.99. The van der Waals surface area contributed by atoms with Crippen LogP contribution >= 0.6 is 0 Å². The van der Waals surface area contributed by atoms with E-state index in [1.807, 2.05) is 0 Å². The lowest BCUT2D eigenvalue weighted by Crippen LogP contribution is -2.63. The van der Waals surface area contributed by atoms with Crippen molar-refractivity contribution >= 4 is 0 Å². The smallest absolute Gasteiger partial charge is 0.0963 e. The molecule has 0 amide bonds. The molecular formula is C23H36N2O. The van der Waals surface area contributed by atoms with Gasteiger partial charge in [0.05, 0.1) is 12.2 Å². The van der Waals surface area contributed by atoms with Gasteiger partial charge in [0.2, 0.25) is 0 Å². The first kappa shape index (κ1) is 18.5. The van der Waals surface area contributed by atoms with Crippen LogP contribution in [0.3, 0.4) is 0 Å². The van der Waals surface area contributed by atoms with E-state index in [0.717, 1.165) is 26.2 Å². The number of morpholine rings is 1. The van der Waals surface area contributed by atoms with Crippen LogP contribution in [-0.2, 0) is 11.3 Å². The van der Waals surface area contributed by atoms with Gasteiger partial charge in [-0.2, -0.15) is 0 Å². The average molecular weight is 357 g/mol. The van der Waals surface area contributed by atoms with Crippen LogP contribution < -0.4 is 0 Å². The summed E-state index contributed by atoms with van der Waals surface area (Å²) in [6, 6.07) is 5.41. The molecule has 1 saturated carbocycles. The zero-order valence-electron chi connectivity index (χ0n) is 17.0. The minimum absolute atomic E-state index is 0.0779. The minimum atomic E-state index is 0.0779. The molecule has 0 bridgehead atoms. The summed E-state index contributed by atoms with van der Waals surface area (Å²) < 4.78 is 6.59. The van der Waals surface area contributed by atoms with Crippen LogP contribution in [-0.4, -0.2) is 54.2 Å². The van der Waals surface area contributed by atoms with Crippen LogP contribution in [0.25, 0.3) is 0 Å². The van der Waals surface area contributed by atoms with Crippen molar-refractivity contribution < 1.29 is 4.74 Å². The lowest BCUT2D eigenvalue weighted by atomic mass is 9.78. The first-order chi connectivity index (χ1) is 12.6. The monoisotopic (exact) mass is 356 g/mol. The topological polar surface area (TPSA) is 15.7 Å². The normalized spacial score (nSPS) is 31.0. The molecule has 0 N–H and O–H groups in total. The van der Waals surface area contributed by atoms with Gasteiger partial charge in [-0.25, -0.2) is 0 Å². The summed E-state index contributed by atoms with van der Waals surface area (Å²) in [6.45, 7) is 13.5. The van der Waals surface area contributed by atoms with Crippen LogP contribution in [0.1, 0.15) is 60.8 Å². The van der Waals surface area contributed by atoms with Gasteiger partial charge in [-0.15, -0.1) is 0 Å². The van der Waals surface area contributed by atoms with Crippen molar-refractivity contribution in [3.63, 3.8) is 0 Å². The van der Waals surface area contributed by atoms with Gasteiger partial charge in [-0.05, 0) is 81.8 Å². The number of rotatable bonds is 3. The van der Waals surface area contributed by atoms with Gasteiger partial charge in [-0.1, -0.05) is 25.0 Å². The molecule has 4 rings (SSSR count). The van der Waals surface area contributed by atoms with E-state index in [0.29, 0.717) is 6.04 Å². The molecule has 26 heavy (non-hydrogen) atoms. The summed E-state index contributed by atoms with van der Waals surface area (Å²) in [6.07, 6.45) is 8.03. The summed E-state index contributed by atoms with van der Waals surface area (Å²) >= 11 is 0. The number of ether oxygens (including phenoxy) is 1. The largest absolute Gasteiger partial charge is 0.371 e. The van der Waals surface area contributed by atoms with Gasteiger partial charge >= 0.3 is 0 Å². The fourth-order valence-corrected chi connectivity index (χ4v) is 5.56. The van der Waals surface area contributed by atoms with E-state index in [1.165, 1.54) is 73.9 Å². The molecule has 1 aromatic rings. The van der Waals surface area contributed by atoms with Crippen LogP contribution in [0, 0.1) is 20.8 Å². The summed E-state index contributed by atoms with van der Waals surface area (Å²) in [5, 5.41) is 0. The van der Waals surface area contributed by atoms with Gasteiger partial charge in [-0.3, -0.25) is 9.80 Å². The van der Waals surface area contributed by atoms with E-state index >= 15 is 0 Å². The lowest BCUT2D eigenvalue weighted by molar-refractivity contribution is -0.165. The molecule has 1 aliphatic carbocycles. The van der Waals surface area contributed by atoms with Gasteiger partial charge in [0.1, 0.15) is 0 Å². The zero-order chi connectivity index (χ0) is 18.1. The molecule has 1 spiro atoms. The first-order valence-corrected chi connectivity index (χ1v) is 10.7. The molecule has 2 heterocycles. The van der Waals surface area contributed by atoms with E-state index < -0.39 is 0 Å². The number of hydrogen-bond acceptors (Lipinski definition) is 3. The van der Waals surface area contributed by atoms with E-state index in [1.54, 1.807) is 0 Å². The van der Waals surface area contributed by atoms with Crippen molar-refractivity contribution in [2.75, 3.05) is 32.8 Å². The van der Waals surface area contributed by atoms with Crippen LogP contribution in [0.2, 0.25) is 0 Å². The quantitative estimate of drug-likeness (QED) is 0.806. The predicted octanol–water partition coefficient (Wildman–Crippen LogP) is 4.22. The summed E-state index contributed by atoms with van der Waals surface area (Å²) in [5.41, 5.74) is 5.84. The fraction of sp³-hybridized carbons (Fsp3) is 0.739. The third-order valence-electron chi connectivity index (χ3n) is 7.15. The average Bonchev–Trinajstić information content (AvgIpc) is 3.14. The van der Waals surface area contributed by atoms with Gasteiger partial charge in [0, 0.05) is 25.7 Å². The highest BCUT2D eigenvalue weighted by atomic mass is 16.5. The summed E-state index contributed by atoms with van der Waals surface area (Å²) in [7, 11) is 0. The molecule has 3 aliphatic rings. The van der Waals surface area contributed by atoms with Crippen molar-refractivity contribution in [1.29, 1.82) is 0 Å². The zero-order valence-corrected chi connectivity index (χ0v) is 17.0. The molecule has 2 aliphatic heterocycles. The third-order valence-corrected chi connectivity index (χ3v) is 7.15. The number of aryl methyl sites for hydroxylation is 3. The fourth-order valence-electron chi connectivity index (χ4n) is 5.56. The highest BCUT2D eigenvalue weighted by molar-refractivity contribution is 5.36. The minimum Gasteiger partial charge on any atom is -0.371 e. The second-order valence-electron chi connectivity index (χ2n) is 8.99. The lowest BCUT2D eigenvalue weighted by Gasteiger charge is -2.52. The van der Waals surface area contributed by atoms with Crippen LogP contribution in [0.4, 0.5) is 0 Å². The van der Waals surface area contributed by atoms with Gasteiger partial charge in [0.25, 0.3) is 0 Å². The Bertz CT molecular complexity index is 633. The van der Waals surface area contributed by atoms with Gasteiger partial charge in [0.15, 0.2) is 0 Å². The number of hydrogen-bond donors (Lipinski definition) is 0. The SMILES string of the molecule is Cc1cc(C)c(CN2CCO[C@]3(CCCC[C@@H]3N3CCCC3)C2)cc1C. The van der Waals surface area contributed by atoms with E-state index in [9.17, 15) is 0 Å². The maximum atomic E-state index is 6.59. The molecule has 3 fully saturated rings. The summed E-state index contributed by atoms with van der Waals surface area (Å²) in [5.74, 6) is 0. The number of nitrogens with zero attached hydrogens (tertiary/aromatic N) is 2. The molecule has 3 heteroatoms. The summed E-state index contributed by atoms with van der Waals surface area (Å²) in [4.78, 5) is 5.43. The Kier molecular flexibility index (Phi) is 5.41. The Balaban J connectivity index is 1.52. The highest BCUT2D eigenvalue weighted by Gasteiger charge is 2.47. The van der Waals surface area contributed by atoms with Crippen molar-refractivity contribution in [3.8, 4) is 0 Å². The van der Waals surface area contributed by atoms with E-state index in [2.05, 4.69) is 42.7 Å². The Hall–Kier alpha value is -0.900. The number of likely N-dealkylation sites (tertiary alicyclic amines) is 1. The Labute approximate surface area is 159 Å². The first-order valence-electron chi connectivity index (χ1n) is 10.7. The molecule has 2 saturated heterocycles. The molecule has 0 aromatic heterocycles. The highest BCUT2D eigenvalue weighted by Crippen LogP contribution is 2.39. The Morgan fingerprint density at radius 2 is 1.73 bits per heavy atom. The second kappa shape index (κ2) is 7.61. The van der Waals surface area contributed by atoms with E-state index in [-0.39, 0.29) is 5.60 Å². The predicted molar refractivity (Wildman–Crippen MR) is 108 cm³/mol. The van der Waals surface area contributed by atoms with Crippen LogP contribution in [0.5, 0.6) is 0 Å². The van der Waals surface area contributed by atoms with Crippen molar-refractivity contribution in [1.82, 2.24) is 9.80 Å². The number of benzene rings is 1. The molecule has 0 radical (unpaired) electrons. The standard InChI is InChI=1S/C23H36N2O/c1-18-14-20(3)21(15-19(18)2)16-24-12-13-26-23(17-24)9-5-4-8-22(23)25-10-6-7-11-25/h14-15,22H,4-13,16-17H2,1-3H3/t22-,23+/m0/s1. The maximum absolute atomic E-state index is 6.59. The molecule has 3 nitrogen and oxygen atoms in total. The van der Waals surface area contributed by atoms with Crippen molar-refractivity contribution in [2.45, 2.75) is 77.5 Å². The molecular weight excluding hydrogens is 320 g/mol. The van der Waals surface area contributed by atoms with Crippen LogP contribution in [0.15, 0.2) is 12.1 Å². The molecule has 1 aromatic carbocycles. The van der Waals surface area contributed by atoms with Gasteiger partial charge < -0.3 is 4.74 Å². The Morgan fingerprint density at radius 1 is 0.962 bits per heavy atom. The van der Waals surface area contributed by atoms with Crippen molar-refractivity contribution in [3.05, 3.63) is 34.4 Å². The molecule has 0 unspecified atom stereocenters. The Morgan fingerprint density at radius 3 is 2.54 bits per heavy atom. The molecule has 2 atom stereocenters. The third kappa shape index (κ3) is 3.58.